The molecular weight excluding hydrogens is 339 g/mol. The summed E-state index contributed by atoms with van der Waals surface area (Å²) in [6, 6.07) is 1.83. The molecule has 0 radical (unpaired) electrons. The Hall–Kier alpha value is -0.990. The van der Waals surface area contributed by atoms with Gasteiger partial charge in [0, 0.05) is 6.04 Å². The summed E-state index contributed by atoms with van der Waals surface area (Å²) < 4.78 is 36.0. The van der Waals surface area contributed by atoms with Crippen molar-refractivity contribution in [3.05, 3.63) is 28.0 Å². The molecule has 1 aromatic carbocycles. The molecule has 1 amide bonds. The zero-order valence-electron chi connectivity index (χ0n) is 9.82. The number of primary sulfonamides is 1. The van der Waals surface area contributed by atoms with Crippen LogP contribution in [0.1, 0.15) is 29.6 Å². The Morgan fingerprint density at radius 2 is 2.05 bits per heavy atom. The highest BCUT2D eigenvalue weighted by molar-refractivity contribution is 9.10. The minimum absolute atomic E-state index is 0.0202. The molecule has 1 aliphatic carbocycles. The van der Waals surface area contributed by atoms with Crippen LogP contribution in [0.2, 0.25) is 0 Å². The first-order chi connectivity index (χ1) is 8.79. The van der Waals surface area contributed by atoms with E-state index < -0.39 is 26.6 Å². The number of carbonyl (C=O) groups is 1. The molecule has 2 rings (SSSR count). The van der Waals surface area contributed by atoms with E-state index in [0.717, 1.165) is 31.4 Å². The van der Waals surface area contributed by atoms with Gasteiger partial charge in [-0.15, -0.1) is 0 Å². The first-order valence-corrected chi connectivity index (χ1v) is 7.95. The van der Waals surface area contributed by atoms with Crippen molar-refractivity contribution < 1.29 is 17.6 Å². The predicted octanol–water partition coefficient (Wildman–Crippen LogP) is 1.52. The molecule has 8 heteroatoms. The van der Waals surface area contributed by atoms with Gasteiger partial charge in [-0.05, 0) is 47.3 Å². The summed E-state index contributed by atoms with van der Waals surface area (Å²) in [6.07, 6.45) is 2.79. The van der Waals surface area contributed by atoms with Crippen molar-refractivity contribution in [2.75, 3.05) is 0 Å². The number of halogens is 2. The Balaban J connectivity index is 2.39. The smallest absolute Gasteiger partial charge is 0.252 e. The number of benzene rings is 1. The van der Waals surface area contributed by atoms with Gasteiger partial charge in [-0.2, -0.15) is 0 Å². The highest BCUT2D eigenvalue weighted by atomic mass is 79.9. The number of amides is 1. The van der Waals surface area contributed by atoms with Crippen molar-refractivity contribution >= 4 is 31.9 Å². The topological polar surface area (TPSA) is 89.3 Å². The molecule has 1 fully saturated rings. The van der Waals surface area contributed by atoms with E-state index in [-0.39, 0.29) is 16.1 Å². The number of rotatable bonds is 3. The lowest BCUT2D eigenvalue weighted by atomic mass is 9.93. The van der Waals surface area contributed by atoms with Gasteiger partial charge < -0.3 is 5.32 Å². The summed E-state index contributed by atoms with van der Waals surface area (Å²) in [7, 11) is -4.10. The van der Waals surface area contributed by atoms with Crippen molar-refractivity contribution in [2.24, 2.45) is 5.14 Å². The second-order valence-corrected chi connectivity index (χ2v) is 6.73. The lowest BCUT2D eigenvalue weighted by molar-refractivity contribution is 0.0915. The van der Waals surface area contributed by atoms with Crippen molar-refractivity contribution in [1.29, 1.82) is 0 Å². The molecule has 0 atom stereocenters. The molecule has 0 aliphatic heterocycles. The van der Waals surface area contributed by atoms with Gasteiger partial charge in [0.1, 0.15) is 5.82 Å². The maximum absolute atomic E-state index is 13.4. The van der Waals surface area contributed by atoms with Gasteiger partial charge in [-0.25, -0.2) is 17.9 Å². The third-order valence-corrected chi connectivity index (χ3v) is 5.05. The van der Waals surface area contributed by atoms with Gasteiger partial charge >= 0.3 is 0 Å². The SMILES string of the molecule is NS(=O)(=O)c1cc(F)cc(C(=O)NC2CCC2)c1Br. The van der Waals surface area contributed by atoms with Crippen molar-refractivity contribution in [3.63, 3.8) is 0 Å². The van der Waals surface area contributed by atoms with Crippen LogP contribution in [-0.2, 0) is 10.0 Å². The third-order valence-electron chi connectivity index (χ3n) is 3.00. The second-order valence-electron chi connectivity index (χ2n) is 4.41. The molecule has 1 saturated carbocycles. The van der Waals surface area contributed by atoms with Gasteiger partial charge in [0.05, 0.1) is 14.9 Å². The van der Waals surface area contributed by atoms with Crippen LogP contribution in [0.5, 0.6) is 0 Å². The van der Waals surface area contributed by atoms with E-state index in [4.69, 9.17) is 5.14 Å². The van der Waals surface area contributed by atoms with Gasteiger partial charge in [-0.3, -0.25) is 4.79 Å². The number of nitrogens with one attached hydrogen (secondary N) is 1. The predicted molar refractivity (Wildman–Crippen MR) is 70.6 cm³/mol. The van der Waals surface area contributed by atoms with Gasteiger partial charge in [0.15, 0.2) is 0 Å². The fraction of sp³-hybridized carbons (Fsp3) is 0.364. The van der Waals surface area contributed by atoms with Crippen LogP contribution in [0.3, 0.4) is 0 Å². The highest BCUT2D eigenvalue weighted by Gasteiger charge is 2.24. The number of nitrogens with two attached hydrogens (primary N) is 1. The number of carbonyl (C=O) groups excluding carboxylic acids is 1. The van der Waals surface area contributed by atoms with Crippen LogP contribution in [0.15, 0.2) is 21.5 Å². The summed E-state index contributed by atoms with van der Waals surface area (Å²) in [6.45, 7) is 0. The molecule has 0 aromatic heterocycles. The Bertz CT molecular complexity index is 629. The standard InChI is InChI=1S/C11H12BrFN2O3S/c12-10-8(11(16)15-7-2-1-3-7)4-6(13)5-9(10)19(14,17)18/h4-5,7H,1-3H2,(H,15,16)(H2,14,17,18). The molecule has 1 aliphatic rings. The normalized spacial score (nSPS) is 15.9. The van der Waals surface area contributed by atoms with Crippen molar-refractivity contribution in [2.45, 2.75) is 30.2 Å². The Kier molecular flexibility index (Phi) is 3.93. The molecule has 0 unspecified atom stereocenters. The van der Waals surface area contributed by atoms with E-state index in [2.05, 4.69) is 21.2 Å². The highest BCUT2D eigenvalue weighted by Crippen LogP contribution is 2.27. The van der Waals surface area contributed by atoms with Crippen LogP contribution >= 0.6 is 15.9 Å². The number of hydrogen-bond donors (Lipinski definition) is 2. The Morgan fingerprint density at radius 3 is 2.53 bits per heavy atom. The minimum Gasteiger partial charge on any atom is -0.349 e. The van der Waals surface area contributed by atoms with Crippen LogP contribution in [-0.4, -0.2) is 20.4 Å². The lowest BCUT2D eigenvalue weighted by Crippen LogP contribution is -2.39. The van der Waals surface area contributed by atoms with Crippen molar-refractivity contribution in [3.8, 4) is 0 Å². The fourth-order valence-electron chi connectivity index (χ4n) is 1.75. The summed E-state index contributed by atoms with van der Waals surface area (Å²) in [5, 5.41) is 7.69. The Labute approximate surface area is 118 Å². The van der Waals surface area contributed by atoms with Gasteiger partial charge in [0.25, 0.3) is 5.91 Å². The van der Waals surface area contributed by atoms with Crippen LogP contribution in [0.4, 0.5) is 4.39 Å². The third kappa shape index (κ3) is 3.13. The summed E-state index contributed by atoms with van der Waals surface area (Å²) in [4.78, 5) is 11.5. The molecule has 0 saturated heterocycles. The van der Waals surface area contributed by atoms with Crippen LogP contribution in [0.25, 0.3) is 0 Å². The largest absolute Gasteiger partial charge is 0.349 e. The van der Waals surface area contributed by atoms with E-state index in [1.54, 1.807) is 0 Å². The van der Waals surface area contributed by atoms with E-state index in [0.29, 0.717) is 0 Å². The van der Waals surface area contributed by atoms with Crippen LogP contribution < -0.4 is 10.5 Å². The maximum atomic E-state index is 13.4. The molecule has 1 aromatic rings. The molecular formula is C11H12BrFN2O3S. The lowest BCUT2D eigenvalue weighted by Gasteiger charge is -2.26. The first kappa shape index (κ1) is 14.4. The molecule has 19 heavy (non-hydrogen) atoms. The minimum atomic E-state index is -4.10. The molecule has 3 N–H and O–H groups in total. The molecule has 5 nitrogen and oxygen atoms in total. The van der Waals surface area contributed by atoms with Gasteiger partial charge in [0.2, 0.25) is 10.0 Å². The average molecular weight is 351 g/mol. The fourth-order valence-corrected chi connectivity index (χ4v) is 3.47. The van der Waals surface area contributed by atoms with Crippen LogP contribution in [0, 0.1) is 5.82 Å². The first-order valence-electron chi connectivity index (χ1n) is 5.62. The van der Waals surface area contributed by atoms with Gasteiger partial charge in [-0.1, -0.05) is 0 Å². The van der Waals surface area contributed by atoms with E-state index >= 15 is 0 Å². The molecule has 104 valence electrons. The zero-order chi connectivity index (χ0) is 14.2. The molecule has 0 spiro atoms. The molecule has 0 heterocycles. The Morgan fingerprint density at radius 1 is 1.42 bits per heavy atom. The van der Waals surface area contributed by atoms with E-state index in [1.807, 2.05) is 0 Å². The second kappa shape index (κ2) is 5.18. The van der Waals surface area contributed by atoms with Crippen molar-refractivity contribution in [1.82, 2.24) is 5.32 Å². The number of sulfonamides is 1. The van der Waals surface area contributed by atoms with E-state index in [1.165, 1.54) is 0 Å². The zero-order valence-corrected chi connectivity index (χ0v) is 12.2. The number of hydrogen-bond acceptors (Lipinski definition) is 3. The maximum Gasteiger partial charge on any atom is 0.252 e. The quantitative estimate of drug-likeness (QED) is 0.865. The molecule has 0 bridgehead atoms. The summed E-state index contributed by atoms with van der Waals surface area (Å²) in [5.74, 6) is -1.34. The summed E-state index contributed by atoms with van der Waals surface area (Å²) in [5.41, 5.74) is -0.0732. The average Bonchev–Trinajstić information content (AvgIpc) is 2.24. The van der Waals surface area contributed by atoms with E-state index in [9.17, 15) is 17.6 Å². The monoisotopic (exact) mass is 350 g/mol. The summed E-state index contributed by atoms with van der Waals surface area (Å²) >= 11 is 3.00.